The quantitative estimate of drug-likeness (QED) is 0.455. The third-order valence-corrected chi connectivity index (χ3v) is 8.16. The molecule has 0 aliphatic carbocycles. The molecule has 0 unspecified atom stereocenters. The van der Waals surface area contributed by atoms with Crippen LogP contribution in [0.4, 0.5) is 10.1 Å². The number of aromatic nitrogens is 3. The smallest absolute Gasteiger partial charge is 0.246 e. The van der Waals surface area contributed by atoms with E-state index in [1.54, 1.807) is 31.6 Å². The Morgan fingerprint density at radius 3 is 2.63 bits per heavy atom. The molecule has 0 radical (unpaired) electrons. The summed E-state index contributed by atoms with van der Waals surface area (Å²) in [4.78, 5) is 4.46. The van der Waals surface area contributed by atoms with Crippen molar-refractivity contribution >= 4 is 26.5 Å². The fourth-order valence-electron chi connectivity index (χ4n) is 4.42. The molecule has 2 aromatic carbocycles. The number of fused-ring (bicyclic) bond motifs is 1. The van der Waals surface area contributed by atoms with E-state index in [1.165, 1.54) is 27.4 Å². The fraction of sp³-hybridized carbons (Fsp3) is 0.240. The van der Waals surface area contributed by atoms with E-state index in [0.717, 1.165) is 27.6 Å². The second-order valence-corrected chi connectivity index (χ2v) is 10.5. The van der Waals surface area contributed by atoms with E-state index in [0.29, 0.717) is 25.9 Å². The van der Waals surface area contributed by atoms with Crippen molar-refractivity contribution in [2.45, 2.75) is 23.8 Å². The highest BCUT2D eigenvalue weighted by atomic mass is 32.2. The Hall–Kier alpha value is -3.81. The van der Waals surface area contributed by atoms with Gasteiger partial charge in [-0.15, -0.1) is 0 Å². The first-order chi connectivity index (χ1) is 16.8. The minimum atomic E-state index is -3.57. The van der Waals surface area contributed by atoms with E-state index < -0.39 is 15.8 Å². The summed E-state index contributed by atoms with van der Waals surface area (Å²) in [6.07, 6.45) is 7.66. The number of sulfonamides is 1. The van der Waals surface area contributed by atoms with Crippen molar-refractivity contribution in [1.29, 1.82) is 5.26 Å². The van der Waals surface area contributed by atoms with Crippen molar-refractivity contribution in [3.8, 4) is 17.2 Å². The van der Waals surface area contributed by atoms with Crippen molar-refractivity contribution in [2.24, 2.45) is 7.05 Å². The molecule has 0 spiro atoms. The summed E-state index contributed by atoms with van der Waals surface area (Å²) in [6, 6.07) is 12.3. The third-order valence-electron chi connectivity index (χ3n) is 6.31. The maximum atomic E-state index is 13.9. The number of rotatable bonds is 5. The molecule has 1 aliphatic heterocycles. The molecule has 1 aliphatic rings. The number of hydrogen-bond acceptors (Lipinski definition) is 6. The number of nitrogens with zero attached hydrogens (tertiary/aromatic N) is 5. The molecule has 10 heteroatoms. The first kappa shape index (κ1) is 23.0. The zero-order valence-electron chi connectivity index (χ0n) is 19.0. The molecule has 35 heavy (non-hydrogen) atoms. The summed E-state index contributed by atoms with van der Waals surface area (Å²) in [5, 5.41) is 18.7. The van der Waals surface area contributed by atoms with Gasteiger partial charge in [0.1, 0.15) is 16.8 Å². The molecular formula is C25H23FN6O2S. The highest BCUT2D eigenvalue weighted by molar-refractivity contribution is 7.89. The molecular weight excluding hydrogens is 467 g/mol. The van der Waals surface area contributed by atoms with Gasteiger partial charge in [0.2, 0.25) is 10.0 Å². The molecule has 178 valence electrons. The lowest BCUT2D eigenvalue weighted by molar-refractivity contribution is 0.330. The van der Waals surface area contributed by atoms with Crippen LogP contribution in [0, 0.1) is 17.1 Å². The number of pyridine rings is 1. The normalized spacial score (nSPS) is 15.2. The lowest BCUT2D eigenvalue weighted by Crippen LogP contribution is -2.42. The zero-order valence-corrected chi connectivity index (χ0v) is 19.8. The molecule has 8 nitrogen and oxygen atoms in total. The van der Waals surface area contributed by atoms with Gasteiger partial charge in [-0.05, 0) is 59.7 Å². The van der Waals surface area contributed by atoms with Crippen molar-refractivity contribution in [3.05, 3.63) is 72.6 Å². The van der Waals surface area contributed by atoms with Crippen LogP contribution in [0.2, 0.25) is 0 Å². The van der Waals surface area contributed by atoms with Crippen LogP contribution in [0.15, 0.2) is 66.1 Å². The van der Waals surface area contributed by atoms with Crippen LogP contribution in [0.3, 0.4) is 0 Å². The Morgan fingerprint density at radius 1 is 1.11 bits per heavy atom. The van der Waals surface area contributed by atoms with Crippen LogP contribution < -0.4 is 5.32 Å². The SMILES string of the molecule is Cn1cc(S(=O)(=O)N2CCC(Nc3cc(-c4ccc(F)c(C#N)c4)cc4ccncc34)CC2)cn1. The molecule has 0 saturated carbocycles. The Bertz CT molecular complexity index is 1550. The highest BCUT2D eigenvalue weighted by Crippen LogP contribution is 2.33. The number of anilines is 1. The van der Waals surface area contributed by atoms with E-state index in [4.69, 9.17) is 0 Å². The molecule has 5 rings (SSSR count). The number of hydrogen-bond donors (Lipinski definition) is 1. The number of halogens is 1. The molecule has 0 bridgehead atoms. The van der Waals surface area contributed by atoms with Gasteiger partial charge in [-0.2, -0.15) is 14.7 Å². The van der Waals surface area contributed by atoms with Gasteiger partial charge in [0.15, 0.2) is 0 Å². The Labute approximate surface area is 202 Å². The first-order valence-corrected chi connectivity index (χ1v) is 12.6. The first-order valence-electron chi connectivity index (χ1n) is 11.2. The van der Waals surface area contributed by atoms with E-state index in [-0.39, 0.29) is 16.5 Å². The number of aryl methyl sites for hydroxylation is 1. The average molecular weight is 491 g/mol. The van der Waals surface area contributed by atoms with Gasteiger partial charge in [-0.1, -0.05) is 6.07 Å². The Balaban J connectivity index is 1.39. The summed E-state index contributed by atoms with van der Waals surface area (Å²) in [6.45, 7) is 0.794. The van der Waals surface area contributed by atoms with Crippen LogP contribution in [-0.2, 0) is 17.1 Å². The van der Waals surface area contributed by atoms with Gasteiger partial charge in [0, 0.05) is 55.8 Å². The van der Waals surface area contributed by atoms with Crippen LogP contribution >= 0.6 is 0 Å². The summed E-state index contributed by atoms with van der Waals surface area (Å²) < 4.78 is 42.7. The van der Waals surface area contributed by atoms with E-state index >= 15 is 0 Å². The number of piperidine rings is 1. The molecule has 3 heterocycles. The second-order valence-electron chi connectivity index (χ2n) is 8.60. The molecule has 2 aromatic heterocycles. The van der Waals surface area contributed by atoms with Gasteiger partial charge < -0.3 is 5.32 Å². The monoisotopic (exact) mass is 490 g/mol. The molecule has 0 amide bonds. The average Bonchev–Trinajstić information content (AvgIpc) is 3.32. The molecule has 1 saturated heterocycles. The van der Waals surface area contributed by atoms with Gasteiger partial charge in [0.25, 0.3) is 0 Å². The highest BCUT2D eigenvalue weighted by Gasteiger charge is 2.30. The molecule has 1 N–H and O–H groups in total. The van der Waals surface area contributed by atoms with Crippen LogP contribution in [0.5, 0.6) is 0 Å². The zero-order chi connectivity index (χ0) is 24.6. The summed E-state index contributed by atoms with van der Waals surface area (Å²) in [5.41, 5.74) is 2.44. The predicted octanol–water partition coefficient (Wildman–Crippen LogP) is 3.91. The number of nitrogens with one attached hydrogen (secondary N) is 1. The van der Waals surface area contributed by atoms with Crippen LogP contribution in [0.25, 0.3) is 21.9 Å². The Morgan fingerprint density at radius 2 is 1.91 bits per heavy atom. The largest absolute Gasteiger partial charge is 0.382 e. The fourth-order valence-corrected chi connectivity index (χ4v) is 5.87. The standard InChI is InChI=1S/C25H23FN6O2S/c1-31-16-22(14-29-31)35(33,34)32-8-5-21(6-9-32)30-25-12-19(11-18-4-7-28-15-23(18)25)17-2-3-24(26)20(10-17)13-27/h2-4,7,10-12,14-16,21,30H,5-6,8-9H2,1H3. The second kappa shape index (κ2) is 9.09. The number of benzene rings is 2. The maximum Gasteiger partial charge on any atom is 0.246 e. The van der Waals surface area contributed by atoms with Gasteiger partial charge in [0.05, 0.1) is 11.8 Å². The maximum absolute atomic E-state index is 13.9. The van der Waals surface area contributed by atoms with E-state index in [9.17, 15) is 18.1 Å². The summed E-state index contributed by atoms with van der Waals surface area (Å²) >= 11 is 0. The van der Waals surface area contributed by atoms with Crippen molar-refractivity contribution in [1.82, 2.24) is 19.1 Å². The molecule has 1 fully saturated rings. The van der Waals surface area contributed by atoms with Crippen LogP contribution in [-0.4, -0.2) is 46.6 Å². The van der Waals surface area contributed by atoms with Crippen molar-refractivity contribution < 1.29 is 12.8 Å². The summed E-state index contributed by atoms with van der Waals surface area (Å²) in [7, 11) is -1.88. The lowest BCUT2D eigenvalue weighted by atomic mass is 9.98. The number of nitriles is 1. The minimum absolute atomic E-state index is 0.00553. The van der Waals surface area contributed by atoms with Gasteiger partial charge in [-0.25, -0.2) is 12.8 Å². The Kier molecular flexibility index (Phi) is 5.96. The van der Waals surface area contributed by atoms with Crippen molar-refractivity contribution in [3.63, 3.8) is 0 Å². The lowest BCUT2D eigenvalue weighted by Gasteiger charge is -2.32. The van der Waals surface area contributed by atoms with Gasteiger partial charge in [-0.3, -0.25) is 9.67 Å². The minimum Gasteiger partial charge on any atom is -0.382 e. The topological polar surface area (TPSA) is 104 Å². The molecule has 0 atom stereocenters. The van der Waals surface area contributed by atoms with Crippen LogP contribution in [0.1, 0.15) is 18.4 Å². The van der Waals surface area contributed by atoms with Gasteiger partial charge >= 0.3 is 0 Å². The van der Waals surface area contributed by atoms with Crippen molar-refractivity contribution in [2.75, 3.05) is 18.4 Å². The van der Waals surface area contributed by atoms with E-state index in [2.05, 4.69) is 15.4 Å². The summed E-state index contributed by atoms with van der Waals surface area (Å²) in [5.74, 6) is -0.549. The van der Waals surface area contributed by atoms with E-state index in [1.807, 2.05) is 24.3 Å². The molecule has 4 aromatic rings. The predicted molar refractivity (Wildman–Crippen MR) is 130 cm³/mol. The third kappa shape index (κ3) is 4.48.